The third kappa shape index (κ3) is 5.90. The van der Waals surface area contributed by atoms with Gasteiger partial charge >= 0.3 is 0 Å². The van der Waals surface area contributed by atoms with Crippen LogP contribution in [-0.4, -0.2) is 29.4 Å². The summed E-state index contributed by atoms with van der Waals surface area (Å²) in [6.07, 6.45) is 8.12. The van der Waals surface area contributed by atoms with Gasteiger partial charge in [-0.05, 0) is 49.9 Å². The van der Waals surface area contributed by atoms with Gasteiger partial charge in [0.05, 0.1) is 18.3 Å². The number of hydrogen-bond donors (Lipinski definition) is 1. The molecule has 1 heterocycles. The molecule has 1 aromatic heterocycles. The molecule has 1 aliphatic carbocycles. The van der Waals surface area contributed by atoms with Gasteiger partial charge < -0.3 is 5.32 Å². The monoisotopic (exact) mass is 365 g/mol. The van der Waals surface area contributed by atoms with Crippen LogP contribution in [0.4, 0.5) is 0 Å². The second-order valence-corrected chi connectivity index (χ2v) is 7.85. The topological polar surface area (TPSA) is 45.2 Å². The first-order valence-corrected chi connectivity index (χ1v) is 10.1. The molecule has 0 saturated heterocycles. The molecule has 3 rings (SSSR count). The predicted octanol–water partition coefficient (Wildman–Crippen LogP) is 4.26. The van der Waals surface area contributed by atoms with Gasteiger partial charge in [0, 0.05) is 12.7 Å². The summed E-state index contributed by atoms with van der Waals surface area (Å²) in [4.78, 5) is 19.2. The van der Waals surface area contributed by atoms with Crippen molar-refractivity contribution in [3.63, 3.8) is 0 Å². The SMILES string of the molecule is Cc1ccc(CN(C)CC(=O)NC(c2ccccc2)C2CCCCC2)nc1. The fraction of sp³-hybridized carbons (Fsp3) is 0.478. The van der Waals surface area contributed by atoms with Crippen molar-refractivity contribution >= 4 is 5.91 Å². The summed E-state index contributed by atoms with van der Waals surface area (Å²) in [5.74, 6) is 0.623. The molecule has 1 aliphatic rings. The summed E-state index contributed by atoms with van der Waals surface area (Å²) in [6.45, 7) is 3.08. The molecule has 144 valence electrons. The lowest BCUT2D eigenvalue weighted by molar-refractivity contribution is -0.123. The van der Waals surface area contributed by atoms with Gasteiger partial charge in [0.1, 0.15) is 0 Å². The van der Waals surface area contributed by atoms with E-state index < -0.39 is 0 Å². The van der Waals surface area contributed by atoms with E-state index in [1.165, 1.54) is 37.7 Å². The van der Waals surface area contributed by atoms with Crippen LogP contribution in [0.5, 0.6) is 0 Å². The summed E-state index contributed by atoms with van der Waals surface area (Å²) < 4.78 is 0. The number of nitrogens with zero attached hydrogens (tertiary/aromatic N) is 2. The van der Waals surface area contributed by atoms with Crippen molar-refractivity contribution in [2.45, 2.75) is 51.6 Å². The highest BCUT2D eigenvalue weighted by Gasteiger charge is 2.26. The molecular weight excluding hydrogens is 334 g/mol. The number of pyridine rings is 1. The Morgan fingerprint density at radius 3 is 2.56 bits per heavy atom. The van der Waals surface area contributed by atoms with Gasteiger partial charge in [0.15, 0.2) is 0 Å². The Labute approximate surface area is 163 Å². The van der Waals surface area contributed by atoms with Crippen LogP contribution < -0.4 is 5.32 Å². The van der Waals surface area contributed by atoms with Crippen LogP contribution in [0.2, 0.25) is 0 Å². The number of rotatable bonds is 7. The average Bonchev–Trinajstić information content (AvgIpc) is 2.69. The van der Waals surface area contributed by atoms with Gasteiger partial charge in [-0.2, -0.15) is 0 Å². The Morgan fingerprint density at radius 2 is 1.89 bits per heavy atom. The van der Waals surface area contributed by atoms with Gasteiger partial charge in [-0.3, -0.25) is 14.7 Å². The van der Waals surface area contributed by atoms with Gasteiger partial charge in [-0.25, -0.2) is 0 Å². The molecule has 0 bridgehead atoms. The highest BCUT2D eigenvalue weighted by Crippen LogP contribution is 2.34. The van der Waals surface area contributed by atoms with Crippen molar-refractivity contribution in [1.29, 1.82) is 0 Å². The molecule has 0 aliphatic heterocycles. The maximum Gasteiger partial charge on any atom is 0.234 e. The van der Waals surface area contributed by atoms with E-state index in [2.05, 4.69) is 40.6 Å². The van der Waals surface area contributed by atoms with Crippen LogP contribution >= 0.6 is 0 Å². The van der Waals surface area contributed by atoms with Gasteiger partial charge in [-0.1, -0.05) is 55.7 Å². The third-order valence-electron chi connectivity index (χ3n) is 5.41. The minimum Gasteiger partial charge on any atom is -0.348 e. The third-order valence-corrected chi connectivity index (χ3v) is 5.41. The summed E-state index contributed by atoms with van der Waals surface area (Å²) in [7, 11) is 1.97. The van der Waals surface area contributed by atoms with Crippen LogP contribution in [0.3, 0.4) is 0 Å². The van der Waals surface area contributed by atoms with Crippen molar-refractivity contribution in [2.24, 2.45) is 5.92 Å². The molecule has 1 atom stereocenters. The summed E-state index contributed by atoms with van der Waals surface area (Å²) >= 11 is 0. The Kier molecular flexibility index (Phi) is 6.99. The zero-order chi connectivity index (χ0) is 19.1. The fourth-order valence-electron chi connectivity index (χ4n) is 3.99. The minimum atomic E-state index is 0.0871. The standard InChI is InChI=1S/C23H31N3O/c1-18-13-14-21(24-15-18)16-26(2)17-22(27)25-23(19-9-5-3-6-10-19)20-11-7-4-8-12-20/h3,5-6,9-10,13-15,20,23H,4,7-8,11-12,16-17H2,1-2H3,(H,25,27). The molecule has 1 fully saturated rings. The number of aryl methyl sites for hydroxylation is 1. The zero-order valence-electron chi connectivity index (χ0n) is 16.5. The van der Waals surface area contributed by atoms with E-state index in [9.17, 15) is 4.79 Å². The molecule has 27 heavy (non-hydrogen) atoms. The van der Waals surface area contributed by atoms with E-state index in [-0.39, 0.29) is 11.9 Å². The van der Waals surface area contributed by atoms with Gasteiger partial charge in [-0.15, -0.1) is 0 Å². The van der Waals surface area contributed by atoms with E-state index in [0.717, 1.165) is 11.3 Å². The van der Waals surface area contributed by atoms with E-state index in [1.54, 1.807) is 0 Å². The number of amides is 1. The first kappa shape index (κ1) is 19.6. The highest BCUT2D eigenvalue weighted by molar-refractivity contribution is 5.78. The van der Waals surface area contributed by atoms with E-state index in [1.807, 2.05) is 37.2 Å². The Balaban J connectivity index is 1.60. The summed E-state index contributed by atoms with van der Waals surface area (Å²) in [6, 6.07) is 14.6. The van der Waals surface area contributed by atoms with Crippen molar-refractivity contribution in [1.82, 2.24) is 15.2 Å². The van der Waals surface area contributed by atoms with Crippen LogP contribution in [0.15, 0.2) is 48.7 Å². The predicted molar refractivity (Wildman–Crippen MR) is 109 cm³/mol. The molecule has 1 aromatic carbocycles. The number of benzene rings is 1. The molecule has 1 amide bonds. The molecule has 4 nitrogen and oxygen atoms in total. The average molecular weight is 366 g/mol. The van der Waals surface area contributed by atoms with Crippen LogP contribution in [-0.2, 0) is 11.3 Å². The molecule has 4 heteroatoms. The Bertz CT molecular complexity index is 708. The second kappa shape index (κ2) is 9.65. The van der Waals surface area contributed by atoms with Crippen LogP contribution in [0.25, 0.3) is 0 Å². The maximum absolute atomic E-state index is 12.8. The lowest BCUT2D eigenvalue weighted by atomic mass is 9.81. The number of carbonyl (C=O) groups excluding carboxylic acids is 1. The fourth-order valence-corrected chi connectivity index (χ4v) is 3.99. The van der Waals surface area contributed by atoms with Crippen molar-refractivity contribution < 1.29 is 4.79 Å². The number of carbonyl (C=O) groups is 1. The first-order chi connectivity index (χ1) is 13.1. The van der Waals surface area contributed by atoms with Crippen LogP contribution in [0, 0.1) is 12.8 Å². The van der Waals surface area contributed by atoms with E-state index in [0.29, 0.717) is 19.0 Å². The summed E-state index contributed by atoms with van der Waals surface area (Å²) in [5, 5.41) is 3.33. The zero-order valence-corrected chi connectivity index (χ0v) is 16.5. The lowest BCUT2D eigenvalue weighted by Crippen LogP contribution is -2.40. The second-order valence-electron chi connectivity index (χ2n) is 7.85. The highest BCUT2D eigenvalue weighted by atomic mass is 16.2. The first-order valence-electron chi connectivity index (χ1n) is 10.1. The lowest BCUT2D eigenvalue weighted by Gasteiger charge is -2.32. The van der Waals surface area contributed by atoms with Crippen LogP contribution in [0.1, 0.15) is 55.0 Å². The number of aromatic nitrogens is 1. The van der Waals surface area contributed by atoms with Gasteiger partial charge in [0.2, 0.25) is 5.91 Å². The van der Waals surface area contributed by atoms with Gasteiger partial charge in [0.25, 0.3) is 0 Å². The van der Waals surface area contributed by atoms with Crippen molar-refractivity contribution in [3.05, 3.63) is 65.5 Å². The minimum absolute atomic E-state index is 0.0871. The van der Waals surface area contributed by atoms with Crippen molar-refractivity contribution in [2.75, 3.05) is 13.6 Å². The number of likely N-dealkylation sites (N-methyl/N-ethyl adjacent to an activating group) is 1. The van der Waals surface area contributed by atoms with E-state index >= 15 is 0 Å². The quantitative estimate of drug-likeness (QED) is 0.797. The smallest absolute Gasteiger partial charge is 0.234 e. The Hall–Kier alpha value is -2.20. The summed E-state index contributed by atoms with van der Waals surface area (Å²) in [5.41, 5.74) is 3.36. The molecular formula is C23H31N3O. The number of hydrogen-bond acceptors (Lipinski definition) is 3. The largest absolute Gasteiger partial charge is 0.348 e. The molecule has 0 spiro atoms. The Morgan fingerprint density at radius 1 is 1.15 bits per heavy atom. The molecule has 2 aromatic rings. The van der Waals surface area contributed by atoms with Crippen molar-refractivity contribution in [3.8, 4) is 0 Å². The maximum atomic E-state index is 12.8. The molecule has 1 saturated carbocycles. The molecule has 0 radical (unpaired) electrons. The molecule has 1 unspecified atom stereocenters. The number of nitrogens with one attached hydrogen (secondary N) is 1. The normalized spacial score (nSPS) is 16.3. The van der Waals surface area contributed by atoms with E-state index in [4.69, 9.17) is 0 Å². The molecule has 1 N–H and O–H groups in total.